The van der Waals surface area contributed by atoms with Crippen LogP contribution < -0.4 is 10.2 Å². The topological polar surface area (TPSA) is 71.8 Å². The molecule has 202 valence electrons. The van der Waals surface area contributed by atoms with Crippen LogP contribution in [-0.2, 0) is 4.74 Å². The maximum absolute atomic E-state index is 13.7. The molecule has 39 heavy (non-hydrogen) atoms. The van der Waals surface area contributed by atoms with Crippen LogP contribution in [-0.4, -0.2) is 44.0 Å². The number of ketones is 1. The zero-order valence-corrected chi connectivity index (χ0v) is 22.6. The van der Waals surface area contributed by atoms with Crippen LogP contribution in [0, 0.1) is 5.82 Å². The summed E-state index contributed by atoms with van der Waals surface area (Å²) in [6, 6.07) is 17.5. The van der Waals surface area contributed by atoms with Crippen LogP contribution in [0.5, 0.6) is 0 Å². The lowest BCUT2D eigenvalue weighted by molar-refractivity contribution is 0.0929. The summed E-state index contributed by atoms with van der Waals surface area (Å²) in [6.07, 6.45) is 1.11. The minimum atomic E-state index is -0.353. The van der Waals surface area contributed by atoms with E-state index in [4.69, 9.17) is 9.15 Å². The van der Waals surface area contributed by atoms with Crippen molar-refractivity contribution in [3.8, 4) is 22.5 Å². The molecule has 1 unspecified atom stereocenters. The molecule has 1 aromatic heterocycles. The maximum atomic E-state index is 13.7. The second kappa shape index (κ2) is 11.4. The van der Waals surface area contributed by atoms with Crippen molar-refractivity contribution in [1.82, 2.24) is 5.32 Å². The average molecular weight is 529 g/mol. The Balaban J connectivity index is 1.68. The third-order valence-corrected chi connectivity index (χ3v) is 7.32. The number of benzene rings is 3. The molecule has 2 heterocycles. The predicted molar refractivity (Wildman–Crippen MR) is 152 cm³/mol. The largest absolute Gasteiger partial charge is 0.455 e. The van der Waals surface area contributed by atoms with Gasteiger partial charge in [0.15, 0.2) is 5.78 Å². The number of anilines is 1. The van der Waals surface area contributed by atoms with Gasteiger partial charge in [0.25, 0.3) is 5.91 Å². The van der Waals surface area contributed by atoms with Crippen molar-refractivity contribution < 1.29 is 23.1 Å². The number of amides is 1. The Morgan fingerprint density at radius 3 is 2.44 bits per heavy atom. The lowest BCUT2D eigenvalue weighted by Crippen LogP contribution is -2.34. The standard InChI is InChI=1S/C32H33FN2O4/c1-4-28(36)30-26-17-25(21-8-7-9-22(16-21)32(37)34-24-14-15-38-19-24)27(35(5-2)6-3)18-29(26)39-31(30)20-10-12-23(33)13-11-20/h7-13,16-18,24H,4-6,14-15,19H2,1-3H3,(H,34,37). The van der Waals surface area contributed by atoms with E-state index in [2.05, 4.69) is 24.1 Å². The summed E-state index contributed by atoms with van der Waals surface area (Å²) < 4.78 is 25.4. The molecular formula is C32H33FN2O4. The summed E-state index contributed by atoms with van der Waals surface area (Å²) in [7, 11) is 0. The fourth-order valence-electron chi connectivity index (χ4n) is 5.19. The lowest BCUT2D eigenvalue weighted by Gasteiger charge is -2.24. The Hall–Kier alpha value is -3.97. The molecule has 0 saturated carbocycles. The summed E-state index contributed by atoms with van der Waals surface area (Å²) in [5.74, 6) is -0.108. The van der Waals surface area contributed by atoms with Gasteiger partial charge in [-0.25, -0.2) is 4.39 Å². The van der Waals surface area contributed by atoms with Gasteiger partial charge in [0.1, 0.15) is 17.2 Å². The molecule has 1 fully saturated rings. The van der Waals surface area contributed by atoms with E-state index in [9.17, 15) is 14.0 Å². The van der Waals surface area contributed by atoms with Crippen molar-refractivity contribution in [1.29, 1.82) is 0 Å². The highest BCUT2D eigenvalue weighted by Gasteiger charge is 2.25. The number of Topliss-reactive ketones (excluding diaryl/α,β-unsaturated/α-hetero) is 1. The zero-order valence-electron chi connectivity index (χ0n) is 22.6. The van der Waals surface area contributed by atoms with Gasteiger partial charge in [-0.3, -0.25) is 9.59 Å². The number of fused-ring (bicyclic) bond motifs is 1. The molecule has 1 saturated heterocycles. The number of halogens is 1. The van der Waals surface area contributed by atoms with E-state index in [0.717, 1.165) is 36.3 Å². The highest BCUT2D eigenvalue weighted by atomic mass is 19.1. The van der Waals surface area contributed by atoms with Gasteiger partial charge in [0.2, 0.25) is 0 Å². The number of carbonyl (C=O) groups excluding carboxylic acids is 2. The second-order valence-corrected chi connectivity index (χ2v) is 9.74. The molecule has 1 amide bonds. The summed E-state index contributed by atoms with van der Waals surface area (Å²) in [5, 5.41) is 3.76. The molecule has 7 heteroatoms. The smallest absolute Gasteiger partial charge is 0.251 e. The molecule has 0 aliphatic carbocycles. The van der Waals surface area contributed by atoms with Crippen molar-refractivity contribution in [2.24, 2.45) is 0 Å². The summed E-state index contributed by atoms with van der Waals surface area (Å²) in [5.41, 5.74) is 5.01. The third-order valence-electron chi connectivity index (χ3n) is 7.32. The molecule has 1 atom stereocenters. The Morgan fingerprint density at radius 1 is 1.00 bits per heavy atom. The number of furan rings is 1. The molecule has 6 nitrogen and oxygen atoms in total. The normalized spacial score (nSPS) is 15.0. The first-order valence-corrected chi connectivity index (χ1v) is 13.6. The van der Waals surface area contributed by atoms with E-state index in [1.165, 1.54) is 12.1 Å². The van der Waals surface area contributed by atoms with E-state index in [-0.39, 0.29) is 23.5 Å². The molecule has 1 aliphatic rings. The number of carbonyl (C=O) groups is 2. The quantitative estimate of drug-likeness (QED) is 0.240. The van der Waals surface area contributed by atoms with Crippen LogP contribution in [0.4, 0.5) is 10.1 Å². The van der Waals surface area contributed by atoms with Gasteiger partial charge in [0.05, 0.1) is 18.2 Å². The molecule has 1 N–H and O–H groups in total. The monoisotopic (exact) mass is 528 g/mol. The van der Waals surface area contributed by atoms with Crippen LogP contribution in [0.3, 0.4) is 0 Å². The number of nitrogens with one attached hydrogen (secondary N) is 1. The first-order chi connectivity index (χ1) is 18.9. The minimum absolute atomic E-state index is 0.0159. The number of hydrogen-bond donors (Lipinski definition) is 1. The minimum Gasteiger partial charge on any atom is -0.455 e. The van der Waals surface area contributed by atoms with E-state index < -0.39 is 0 Å². The lowest BCUT2D eigenvalue weighted by atomic mass is 9.95. The van der Waals surface area contributed by atoms with Crippen LogP contribution >= 0.6 is 0 Å². The molecule has 1 aliphatic heterocycles. The highest BCUT2D eigenvalue weighted by Crippen LogP contribution is 2.41. The van der Waals surface area contributed by atoms with Gasteiger partial charge in [-0.15, -0.1) is 0 Å². The summed E-state index contributed by atoms with van der Waals surface area (Å²) in [6.45, 7) is 8.71. The molecule has 0 radical (unpaired) electrons. The molecule has 0 spiro atoms. The SMILES string of the molecule is CCC(=O)c1c(-c2ccc(F)cc2)oc2cc(N(CC)CC)c(-c3cccc(C(=O)NC4CCOC4)c3)cc12. The van der Waals surface area contributed by atoms with Crippen molar-refractivity contribution in [2.45, 2.75) is 39.7 Å². The molecule has 4 aromatic rings. The van der Waals surface area contributed by atoms with Crippen molar-refractivity contribution in [3.05, 3.63) is 77.6 Å². The van der Waals surface area contributed by atoms with Crippen LogP contribution in [0.15, 0.2) is 65.1 Å². The maximum Gasteiger partial charge on any atom is 0.251 e. The molecule has 5 rings (SSSR count). The first-order valence-electron chi connectivity index (χ1n) is 13.6. The molecule has 0 bridgehead atoms. The number of ether oxygens (including phenoxy) is 1. The van der Waals surface area contributed by atoms with E-state index in [1.807, 2.05) is 37.3 Å². The van der Waals surface area contributed by atoms with Gasteiger partial charge in [-0.2, -0.15) is 0 Å². The Kier molecular flexibility index (Phi) is 7.79. The van der Waals surface area contributed by atoms with Gasteiger partial charge in [-0.05, 0) is 68.3 Å². The number of hydrogen-bond acceptors (Lipinski definition) is 5. The number of nitrogens with zero attached hydrogens (tertiary/aromatic N) is 1. The Labute approximate surface area is 227 Å². The third kappa shape index (κ3) is 5.32. The van der Waals surface area contributed by atoms with Gasteiger partial charge < -0.3 is 19.4 Å². The van der Waals surface area contributed by atoms with E-state index in [0.29, 0.717) is 53.1 Å². The van der Waals surface area contributed by atoms with Gasteiger partial charge in [-0.1, -0.05) is 19.1 Å². The summed E-state index contributed by atoms with van der Waals surface area (Å²) >= 11 is 0. The first kappa shape index (κ1) is 26.6. The molecule has 3 aromatic carbocycles. The van der Waals surface area contributed by atoms with Crippen molar-refractivity contribution in [3.63, 3.8) is 0 Å². The average Bonchev–Trinajstić information content (AvgIpc) is 3.61. The number of rotatable bonds is 9. The fourth-order valence-corrected chi connectivity index (χ4v) is 5.19. The van der Waals surface area contributed by atoms with E-state index in [1.54, 1.807) is 18.2 Å². The van der Waals surface area contributed by atoms with Crippen LogP contribution in [0.25, 0.3) is 33.4 Å². The van der Waals surface area contributed by atoms with E-state index >= 15 is 0 Å². The zero-order chi connectivity index (χ0) is 27.5. The molecular weight excluding hydrogens is 495 g/mol. The van der Waals surface area contributed by atoms with Crippen LogP contribution in [0.1, 0.15) is 54.3 Å². The van der Waals surface area contributed by atoms with Gasteiger partial charge >= 0.3 is 0 Å². The van der Waals surface area contributed by atoms with Crippen molar-refractivity contribution >= 4 is 28.3 Å². The highest BCUT2D eigenvalue weighted by molar-refractivity contribution is 6.13. The Morgan fingerprint density at radius 2 is 1.77 bits per heavy atom. The summed E-state index contributed by atoms with van der Waals surface area (Å²) in [4.78, 5) is 28.5. The van der Waals surface area contributed by atoms with Crippen molar-refractivity contribution in [2.75, 3.05) is 31.2 Å². The fraction of sp³-hybridized carbons (Fsp3) is 0.312. The van der Waals surface area contributed by atoms with Crippen LogP contribution in [0.2, 0.25) is 0 Å². The predicted octanol–water partition coefficient (Wildman–Crippen LogP) is 6.86. The Bertz CT molecular complexity index is 1500. The second-order valence-electron chi connectivity index (χ2n) is 9.74. The van der Waals surface area contributed by atoms with Gasteiger partial charge in [0, 0.05) is 59.9 Å².